The van der Waals surface area contributed by atoms with Gasteiger partial charge >= 0.3 is 0 Å². The summed E-state index contributed by atoms with van der Waals surface area (Å²) in [5.74, 6) is 1.53. The molecule has 90 valence electrons. The first-order valence-corrected chi connectivity index (χ1v) is 6.07. The number of fused-ring (bicyclic) bond motifs is 1. The highest BCUT2D eigenvalue weighted by atomic mass is 16.5. The molecule has 0 atom stereocenters. The summed E-state index contributed by atoms with van der Waals surface area (Å²) in [5.41, 5.74) is 8.47. The number of carbonyl (C=O) groups is 1. The van der Waals surface area contributed by atoms with Gasteiger partial charge in [0.25, 0.3) is 0 Å². The van der Waals surface area contributed by atoms with Crippen LogP contribution < -0.4 is 15.8 Å². The van der Waals surface area contributed by atoms with Gasteiger partial charge in [0.1, 0.15) is 5.75 Å². The van der Waals surface area contributed by atoms with Gasteiger partial charge in [-0.25, -0.2) is 0 Å². The Morgan fingerprint density at radius 1 is 1.35 bits per heavy atom. The van der Waals surface area contributed by atoms with Crippen LogP contribution in [0.2, 0.25) is 0 Å². The molecule has 1 aromatic carbocycles. The predicted octanol–water partition coefficient (Wildman–Crippen LogP) is 1.94. The van der Waals surface area contributed by atoms with Crippen molar-refractivity contribution in [3.05, 3.63) is 17.7 Å². The van der Waals surface area contributed by atoms with Crippen LogP contribution in [-0.4, -0.2) is 12.5 Å². The zero-order chi connectivity index (χ0) is 11.8. The van der Waals surface area contributed by atoms with Crippen LogP contribution in [0.3, 0.4) is 0 Å². The second kappa shape index (κ2) is 3.95. The molecule has 1 aromatic rings. The first-order valence-electron chi connectivity index (χ1n) is 6.07. The fourth-order valence-electron chi connectivity index (χ4n) is 2.04. The molecule has 0 bridgehead atoms. The highest BCUT2D eigenvalue weighted by molar-refractivity contribution is 5.94. The lowest BCUT2D eigenvalue weighted by atomic mass is 10.0. The molecule has 1 fully saturated rings. The molecule has 1 amide bonds. The smallest absolute Gasteiger partial charge is 0.224 e. The van der Waals surface area contributed by atoms with E-state index in [0.717, 1.165) is 30.0 Å². The molecular formula is C13H16N2O2. The van der Waals surface area contributed by atoms with Crippen molar-refractivity contribution in [1.82, 2.24) is 0 Å². The average Bonchev–Trinajstić information content (AvgIpc) is 3.10. The van der Waals surface area contributed by atoms with Crippen molar-refractivity contribution >= 4 is 17.3 Å². The first kappa shape index (κ1) is 10.4. The van der Waals surface area contributed by atoms with E-state index in [1.165, 1.54) is 12.8 Å². The maximum atomic E-state index is 11.3. The fraction of sp³-hybridized carbons (Fsp3) is 0.462. The van der Waals surface area contributed by atoms with Crippen LogP contribution in [0.15, 0.2) is 12.1 Å². The van der Waals surface area contributed by atoms with Crippen LogP contribution in [0.4, 0.5) is 11.4 Å². The number of nitrogens with one attached hydrogen (secondary N) is 1. The van der Waals surface area contributed by atoms with Gasteiger partial charge in [-0.2, -0.15) is 0 Å². The lowest BCUT2D eigenvalue weighted by molar-refractivity contribution is -0.116. The van der Waals surface area contributed by atoms with E-state index < -0.39 is 0 Å². The Morgan fingerprint density at radius 3 is 2.94 bits per heavy atom. The predicted molar refractivity (Wildman–Crippen MR) is 66.0 cm³/mol. The Morgan fingerprint density at radius 2 is 2.18 bits per heavy atom. The second-order valence-corrected chi connectivity index (χ2v) is 4.85. The molecular weight excluding hydrogens is 216 g/mol. The van der Waals surface area contributed by atoms with Crippen molar-refractivity contribution in [3.8, 4) is 5.75 Å². The summed E-state index contributed by atoms with van der Waals surface area (Å²) in [7, 11) is 0. The van der Waals surface area contributed by atoms with Gasteiger partial charge in [-0.1, -0.05) is 0 Å². The minimum atomic E-state index is 0.0588. The van der Waals surface area contributed by atoms with E-state index in [0.29, 0.717) is 18.0 Å². The summed E-state index contributed by atoms with van der Waals surface area (Å²) in [6.07, 6.45) is 3.84. The molecule has 0 unspecified atom stereocenters. The number of nitrogens with two attached hydrogens (primary N) is 1. The SMILES string of the molecule is Nc1cc2c(cc1OCC1CC1)CCC(=O)N2. The van der Waals surface area contributed by atoms with Crippen LogP contribution in [0.5, 0.6) is 5.75 Å². The van der Waals surface area contributed by atoms with E-state index in [1.54, 1.807) is 6.07 Å². The topological polar surface area (TPSA) is 64.3 Å². The number of aryl methyl sites for hydroxylation is 1. The zero-order valence-electron chi connectivity index (χ0n) is 9.66. The van der Waals surface area contributed by atoms with E-state index in [-0.39, 0.29) is 5.91 Å². The van der Waals surface area contributed by atoms with E-state index in [9.17, 15) is 4.79 Å². The number of benzene rings is 1. The lowest BCUT2D eigenvalue weighted by Gasteiger charge is -2.19. The third kappa shape index (κ3) is 2.20. The van der Waals surface area contributed by atoms with E-state index >= 15 is 0 Å². The van der Waals surface area contributed by atoms with Crippen molar-refractivity contribution in [2.75, 3.05) is 17.7 Å². The maximum absolute atomic E-state index is 11.3. The Kier molecular flexibility index (Phi) is 2.42. The molecule has 1 saturated carbocycles. The summed E-state index contributed by atoms with van der Waals surface area (Å²) in [6.45, 7) is 0.759. The van der Waals surface area contributed by atoms with E-state index in [1.807, 2.05) is 6.07 Å². The number of carbonyl (C=O) groups excluding carboxylic acids is 1. The number of amides is 1. The van der Waals surface area contributed by atoms with Gasteiger partial charge in [-0.05, 0) is 42.9 Å². The third-order valence-corrected chi connectivity index (χ3v) is 3.30. The minimum Gasteiger partial charge on any atom is -0.491 e. The molecule has 0 aromatic heterocycles. The molecule has 1 aliphatic carbocycles. The molecule has 1 aliphatic heterocycles. The standard InChI is InChI=1S/C13H16N2O2/c14-10-6-11-9(3-4-13(16)15-11)5-12(10)17-7-8-1-2-8/h5-6,8H,1-4,7,14H2,(H,15,16). The highest BCUT2D eigenvalue weighted by Gasteiger charge is 2.23. The summed E-state index contributed by atoms with van der Waals surface area (Å²) < 4.78 is 5.72. The molecule has 1 heterocycles. The minimum absolute atomic E-state index is 0.0588. The molecule has 2 aliphatic rings. The van der Waals surface area contributed by atoms with Gasteiger partial charge in [-0.3, -0.25) is 4.79 Å². The summed E-state index contributed by atoms with van der Waals surface area (Å²) in [5, 5.41) is 2.83. The fourth-order valence-corrected chi connectivity index (χ4v) is 2.04. The van der Waals surface area contributed by atoms with Gasteiger partial charge in [-0.15, -0.1) is 0 Å². The van der Waals surface area contributed by atoms with Gasteiger partial charge in [0.15, 0.2) is 0 Å². The van der Waals surface area contributed by atoms with E-state index in [4.69, 9.17) is 10.5 Å². The Balaban J connectivity index is 1.81. The van der Waals surface area contributed by atoms with Crippen molar-refractivity contribution in [3.63, 3.8) is 0 Å². The summed E-state index contributed by atoms with van der Waals surface area (Å²) >= 11 is 0. The molecule has 4 nitrogen and oxygen atoms in total. The maximum Gasteiger partial charge on any atom is 0.224 e. The van der Waals surface area contributed by atoms with Crippen molar-refractivity contribution < 1.29 is 9.53 Å². The quantitative estimate of drug-likeness (QED) is 0.783. The van der Waals surface area contributed by atoms with Crippen LogP contribution in [-0.2, 0) is 11.2 Å². The number of anilines is 2. The molecule has 0 spiro atoms. The Labute approximate surface area is 100 Å². The number of nitrogen functional groups attached to an aromatic ring is 1. The van der Waals surface area contributed by atoms with E-state index in [2.05, 4.69) is 5.32 Å². The molecule has 0 saturated heterocycles. The van der Waals surface area contributed by atoms with Gasteiger partial charge in [0.2, 0.25) is 5.91 Å². The monoisotopic (exact) mass is 232 g/mol. The number of hydrogen-bond acceptors (Lipinski definition) is 3. The summed E-state index contributed by atoms with van der Waals surface area (Å²) in [6, 6.07) is 3.76. The van der Waals surface area contributed by atoms with Crippen molar-refractivity contribution in [2.45, 2.75) is 25.7 Å². The number of hydrogen-bond donors (Lipinski definition) is 2. The Hall–Kier alpha value is -1.71. The number of ether oxygens (including phenoxy) is 1. The largest absolute Gasteiger partial charge is 0.491 e. The average molecular weight is 232 g/mol. The normalized spacial score (nSPS) is 18.5. The van der Waals surface area contributed by atoms with Crippen LogP contribution >= 0.6 is 0 Å². The summed E-state index contributed by atoms with van der Waals surface area (Å²) in [4.78, 5) is 11.3. The molecule has 3 N–H and O–H groups in total. The third-order valence-electron chi connectivity index (χ3n) is 3.30. The second-order valence-electron chi connectivity index (χ2n) is 4.85. The van der Waals surface area contributed by atoms with Crippen LogP contribution in [0.25, 0.3) is 0 Å². The molecule has 17 heavy (non-hydrogen) atoms. The highest BCUT2D eigenvalue weighted by Crippen LogP contribution is 2.35. The van der Waals surface area contributed by atoms with Crippen molar-refractivity contribution in [1.29, 1.82) is 0 Å². The lowest BCUT2D eigenvalue weighted by Crippen LogP contribution is -2.19. The van der Waals surface area contributed by atoms with Gasteiger partial charge in [0, 0.05) is 12.1 Å². The molecule has 3 rings (SSSR count). The first-order chi connectivity index (χ1) is 8.22. The molecule has 4 heteroatoms. The van der Waals surface area contributed by atoms with Crippen LogP contribution in [0, 0.1) is 5.92 Å². The van der Waals surface area contributed by atoms with Crippen LogP contribution in [0.1, 0.15) is 24.8 Å². The molecule has 0 radical (unpaired) electrons. The van der Waals surface area contributed by atoms with Gasteiger partial charge in [0.05, 0.1) is 12.3 Å². The van der Waals surface area contributed by atoms with Gasteiger partial charge < -0.3 is 15.8 Å². The van der Waals surface area contributed by atoms with Crippen molar-refractivity contribution in [2.24, 2.45) is 5.92 Å². The zero-order valence-corrected chi connectivity index (χ0v) is 9.66. The number of rotatable bonds is 3. The Bertz CT molecular complexity index is 467.